The summed E-state index contributed by atoms with van der Waals surface area (Å²) in [5.41, 5.74) is 2.16. The fraction of sp³-hybridized carbons (Fsp3) is 0.400. The van der Waals surface area contributed by atoms with Crippen LogP contribution in [0.2, 0.25) is 0 Å². The number of aliphatic carboxylic acids is 1. The molecule has 0 fully saturated rings. The molecule has 0 aliphatic rings. The van der Waals surface area contributed by atoms with E-state index in [4.69, 9.17) is 9.90 Å². The molecule has 0 spiro atoms. The number of rotatable bonds is 5. The van der Waals surface area contributed by atoms with Gasteiger partial charge in [0, 0.05) is 37.6 Å². The lowest BCUT2D eigenvalue weighted by atomic mass is 10.4. The molecule has 3 rings (SSSR count). The number of carboxylic acids is 1. The summed E-state index contributed by atoms with van der Waals surface area (Å²) in [5, 5.41) is 22.5. The van der Waals surface area contributed by atoms with E-state index in [1.165, 1.54) is 16.3 Å². The number of nitrogens with one attached hydrogen (secondary N) is 2. The molecule has 11 heteroatoms. The van der Waals surface area contributed by atoms with Crippen molar-refractivity contribution in [3.05, 3.63) is 39.7 Å². The lowest BCUT2D eigenvalue weighted by Crippen LogP contribution is -2.15. The van der Waals surface area contributed by atoms with Crippen LogP contribution in [0.25, 0.3) is 5.65 Å². The van der Waals surface area contributed by atoms with Crippen molar-refractivity contribution in [2.24, 2.45) is 7.05 Å². The van der Waals surface area contributed by atoms with E-state index in [-0.39, 0.29) is 5.56 Å². The molecule has 0 bridgehead atoms. The lowest BCUT2D eigenvalue weighted by molar-refractivity contribution is -0.134. The minimum absolute atomic E-state index is 0.109. The van der Waals surface area contributed by atoms with Crippen molar-refractivity contribution in [2.45, 2.75) is 31.3 Å². The number of nitrogens with zero attached hydrogens (tertiary/aromatic N) is 5. The Hall–Kier alpha value is -2.66. The van der Waals surface area contributed by atoms with Crippen LogP contribution in [-0.4, -0.2) is 47.5 Å². The van der Waals surface area contributed by atoms with Crippen molar-refractivity contribution in [2.75, 3.05) is 7.05 Å². The van der Waals surface area contributed by atoms with Crippen LogP contribution in [0.1, 0.15) is 24.1 Å². The summed E-state index contributed by atoms with van der Waals surface area (Å²) in [7, 11) is 3.79. The Labute approximate surface area is 153 Å². The summed E-state index contributed by atoms with van der Waals surface area (Å²) >= 11 is 1.51. The van der Waals surface area contributed by atoms with E-state index in [0.29, 0.717) is 17.9 Å². The summed E-state index contributed by atoms with van der Waals surface area (Å²) < 4.78 is 3.38. The van der Waals surface area contributed by atoms with Crippen molar-refractivity contribution in [1.29, 1.82) is 0 Å². The number of aromatic nitrogens is 6. The summed E-state index contributed by atoms with van der Waals surface area (Å²) in [6.07, 6.45) is 0. The monoisotopic (exact) mass is 379 g/mol. The zero-order chi connectivity index (χ0) is 19.3. The van der Waals surface area contributed by atoms with Gasteiger partial charge < -0.3 is 15.0 Å². The first kappa shape index (κ1) is 19.7. The standard InChI is InChI=1S/C13H17N7OS.C2H4O2/c1-8-4-10-15-9(5-12(21)20(10)18-8)7-22-13-17-16-11(6-14-2)19(13)3;1-2(3)4/h4-5,14,18H,6-7H2,1-3H3;1H3,(H,3,4). The van der Waals surface area contributed by atoms with Crippen LogP contribution >= 0.6 is 11.8 Å². The Balaban J connectivity index is 0.000000552. The normalized spacial score (nSPS) is 10.6. The smallest absolute Gasteiger partial charge is 0.300 e. The Morgan fingerprint density at radius 2 is 2.08 bits per heavy atom. The van der Waals surface area contributed by atoms with Gasteiger partial charge >= 0.3 is 0 Å². The van der Waals surface area contributed by atoms with E-state index in [1.807, 2.05) is 31.7 Å². The first-order chi connectivity index (χ1) is 12.3. The zero-order valence-corrected chi connectivity index (χ0v) is 15.8. The number of aromatic amines is 1. The highest BCUT2D eigenvalue weighted by Gasteiger charge is 2.10. The molecule has 140 valence electrons. The molecular weight excluding hydrogens is 358 g/mol. The Morgan fingerprint density at radius 1 is 1.38 bits per heavy atom. The van der Waals surface area contributed by atoms with Gasteiger partial charge in [-0.2, -0.15) is 0 Å². The second-order valence-electron chi connectivity index (χ2n) is 5.51. The van der Waals surface area contributed by atoms with Crippen LogP contribution in [0.4, 0.5) is 0 Å². The first-order valence-corrected chi connectivity index (χ1v) is 8.74. The van der Waals surface area contributed by atoms with Crippen LogP contribution in [0, 0.1) is 6.92 Å². The van der Waals surface area contributed by atoms with Crippen molar-refractivity contribution in [1.82, 2.24) is 34.7 Å². The SMILES string of the molecule is CC(=O)O.CNCc1nnc(SCc2cc(=O)n3[nH]c(C)cc3n2)n1C. The van der Waals surface area contributed by atoms with Gasteiger partial charge in [0.15, 0.2) is 10.8 Å². The second-order valence-corrected chi connectivity index (χ2v) is 6.46. The number of aryl methyl sites for hydroxylation is 1. The maximum absolute atomic E-state index is 12.0. The molecule has 3 N–H and O–H groups in total. The van der Waals surface area contributed by atoms with Crippen LogP contribution < -0.4 is 10.9 Å². The maximum atomic E-state index is 12.0. The largest absolute Gasteiger partial charge is 0.481 e. The molecule has 26 heavy (non-hydrogen) atoms. The number of H-pyrrole nitrogens is 1. The Bertz CT molecular complexity index is 956. The van der Waals surface area contributed by atoms with Gasteiger partial charge in [-0.15, -0.1) is 10.2 Å². The van der Waals surface area contributed by atoms with Gasteiger partial charge in [-0.05, 0) is 14.0 Å². The molecule has 0 aromatic carbocycles. The molecule has 3 aromatic heterocycles. The number of hydrogen-bond donors (Lipinski definition) is 3. The van der Waals surface area contributed by atoms with Gasteiger partial charge in [0.1, 0.15) is 5.82 Å². The van der Waals surface area contributed by atoms with Crippen LogP contribution in [0.3, 0.4) is 0 Å². The van der Waals surface area contributed by atoms with E-state index in [0.717, 1.165) is 29.3 Å². The van der Waals surface area contributed by atoms with Crippen molar-refractivity contribution in [3.8, 4) is 0 Å². The van der Waals surface area contributed by atoms with Crippen molar-refractivity contribution >= 4 is 23.4 Å². The topological polar surface area (TPSA) is 130 Å². The quantitative estimate of drug-likeness (QED) is 0.548. The third kappa shape index (κ3) is 4.92. The molecule has 0 atom stereocenters. The maximum Gasteiger partial charge on any atom is 0.300 e. The highest BCUT2D eigenvalue weighted by atomic mass is 32.2. The molecule has 0 aliphatic carbocycles. The van der Waals surface area contributed by atoms with Crippen LogP contribution in [-0.2, 0) is 24.1 Å². The molecule has 0 unspecified atom stereocenters. The summed E-state index contributed by atoms with van der Waals surface area (Å²) in [6.45, 7) is 3.64. The average molecular weight is 379 g/mol. The van der Waals surface area contributed by atoms with E-state index >= 15 is 0 Å². The van der Waals surface area contributed by atoms with Gasteiger partial charge in [0.2, 0.25) is 0 Å². The van der Waals surface area contributed by atoms with E-state index < -0.39 is 5.97 Å². The molecule has 0 radical (unpaired) electrons. The molecule has 0 amide bonds. The lowest BCUT2D eigenvalue weighted by Gasteiger charge is -2.03. The van der Waals surface area contributed by atoms with E-state index in [9.17, 15) is 4.79 Å². The summed E-state index contributed by atoms with van der Waals surface area (Å²) in [5.74, 6) is 0.608. The van der Waals surface area contributed by atoms with Crippen LogP contribution in [0.5, 0.6) is 0 Å². The van der Waals surface area contributed by atoms with Crippen molar-refractivity contribution in [3.63, 3.8) is 0 Å². The number of carbonyl (C=O) groups is 1. The van der Waals surface area contributed by atoms with Crippen molar-refractivity contribution < 1.29 is 9.90 Å². The average Bonchev–Trinajstić information content (AvgIpc) is 3.09. The number of thioether (sulfide) groups is 1. The first-order valence-electron chi connectivity index (χ1n) is 7.75. The predicted molar refractivity (Wildman–Crippen MR) is 97.2 cm³/mol. The zero-order valence-electron chi connectivity index (χ0n) is 15.0. The van der Waals surface area contributed by atoms with Gasteiger partial charge in [-0.25, -0.2) is 9.50 Å². The molecule has 0 saturated heterocycles. The molecule has 10 nitrogen and oxygen atoms in total. The molecule has 0 aliphatic heterocycles. The second kappa shape index (κ2) is 8.63. The third-order valence-corrected chi connectivity index (χ3v) is 4.29. The molecule has 3 heterocycles. The van der Waals surface area contributed by atoms with E-state index in [1.54, 1.807) is 6.07 Å². The highest BCUT2D eigenvalue weighted by Crippen LogP contribution is 2.19. The van der Waals surface area contributed by atoms with Gasteiger partial charge in [-0.1, -0.05) is 11.8 Å². The number of fused-ring (bicyclic) bond motifs is 1. The number of carboxylic acid groups (broad SMARTS) is 1. The molecular formula is C15H21N7O3S. The molecule has 3 aromatic rings. The van der Waals surface area contributed by atoms with Gasteiger partial charge in [0.05, 0.1) is 12.2 Å². The highest BCUT2D eigenvalue weighted by molar-refractivity contribution is 7.98. The van der Waals surface area contributed by atoms with Gasteiger partial charge in [0.25, 0.3) is 11.5 Å². The number of hydrogen-bond acceptors (Lipinski definition) is 7. The minimum atomic E-state index is -0.833. The fourth-order valence-electron chi connectivity index (χ4n) is 2.16. The Kier molecular flexibility index (Phi) is 6.52. The van der Waals surface area contributed by atoms with Gasteiger partial charge in [-0.3, -0.25) is 14.7 Å². The van der Waals surface area contributed by atoms with E-state index in [2.05, 4.69) is 25.6 Å². The molecule has 0 saturated carbocycles. The third-order valence-electron chi connectivity index (χ3n) is 3.24. The summed E-state index contributed by atoms with van der Waals surface area (Å²) in [4.78, 5) is 25.5. The van der Waals surface area contributed by atoms with Crippen LogP contribution in [0.15, 0.2) is 22.1 Å². The fourth-order valence-corrected chi connectivity index (χ4v) is 2.98. The Morgan fingerprint density at radius 3 is 2.73 bits per heavy atom. The predicted octanol–water partition coefficient (Wildman–Crippen LogP) is 0.562. The minimum Gasteiger partial charge on any atom is -0.481 e. The summed E-state index contributed by atoms with van der Waals surface area (Å²) in [6, 6.07) is 3.39.